The van der Waals surface area contributed by atoms with Crippen LogP contribution < -0.4 is 5.32 Å². The van der Waals surface area contributed by atoms with Crippen molar-refractivity contribution in [2.45, 2.75) is 302 Å². The van der Waals surface area contributed by atoms with E-state index in [1.54, 1.807) is 0 Å². The van der Waals surface area contributed by atoms with Crippen LogP contribution in [0.5, 0.6) is 0 Å². The molecule has 0 aliphatic heterocycles. The third kappa shape index (κ3) is 44.7. The maximum Gasteiger partial charge on any atom is 0.306 e. The normalized spacial score (nSPS) is 13.4. The lowest BCUT2D eigenvalue weighted by Crippen LogP contribution is -2.46. The number of carbonyl (C=O) groups excluding carboxylic acids is 2. The monoisotopic (exact) mass is 872 g/mol. The number of hydrogen-bond donors (Lipinski definition) is 3. The Labute approximate surface area is 385 Å². The SMILES string of the molecule is CC/C=C/C/C=C/C/C=C/CCCCCCC(CC(=O)NC(CO)C(O)CCCCCCCCCCCCC)OC(=O)CCCCCCCCCCCCCCCCCCCC. The number of rotatable bonds is 49. The Morgan fingerprint density at radius 3 is 1.32 bits per heavy atom. The van der Waals surface area contributed by atoms with Gasteiger partial charge in [-0.2, -0.15) is 0 Å². The first kappa shape index (κ1) is 60.1. The van der Waals surface area contributed by atoms with Crippen LogP contribution in [0, 0.1) is 0 Å². The van der Waals surface area contributed by atoms with Crippen molar-refractivity contribution in [3.05, 3.63) is 36.5 Å². The molecule has 0 aromatic rings. The number of nitrogens with one attached hydrogen (secondary N) is 1. The van der Waals surface area contributed by atoms with Gasteiger partial charge < -0.3 is 20.3 Å². The van der Waals surface area contributed by atoms with Crippen LogP contribution in [0.3, 0.4) is 0 Å². The van der Waals surface area contributed by atoms with E-state index in [0.717, 1.165) is 89.9 Å². The Morgan fingerprint density at radius 2 is 0.871 bits per heavy atom. The summed E-state index contributed by atoms with van der Waals surface area (Å²) >= 11 is 0. The molecule has 0 aromatic carbocycles. The Bertz CT molecular complexity index is 1020. The fraction of sp³-hybridized carbons (Fsp3) is 0.857. The lowest BCUT2D eigenvalue weighted by atomic mass is 10.0. The van der Waals surface area contributed by atoms with E-state index in [9.17, 15) is 19.8 Å². The summed E-state index contributed by atoms with van der Waals surface area (Å²) in [5, 5.41) is 23.8. The number of carbonyl (C=O) groups is 2. The van der Waals surface area contributed by atoms with Gasteiger partial charge in [-0.05, 0) is 57.8 Å². The van der Waals surface area contributed by atoms with Crippen molar-refractivity contribution in [1.29, 1.82) is 0 Å². The van der Waals surface area contributed by atoms with Gasteiger partial charge in [-0.15, -0.1) is 0 Å². The molecule has 0 saturated carbocycles. The molecular weight excluding hydrogens is 767 g/mol. The zero-order valence-corrected chi connectivity index (χ0v) is 41.5. The number of aliphatic hydroxyl groups excluding tert-OH is 2. The Kier molecular flexibility index (Phi) is 48.5. The first-order chi connectivity index (χ1) is 30.5. The molecule has 0 aliphatic rings. The number of allylic oxidation sites excluding steroid dienone is 6. The van der Waals surface area contributed by atoms with Gasteiger partial charge in [0.05, 0.1) is 25.2 Å². The number of hydrogen-bond acceptors (Lipinski definition) is 5. The predicted octanol–water partition coefficient (Wildman–Crippen LogP) is 16.5. The highest BCUT2D eigenvalue weighted by atomic mass is 16.5. The second kappa shape index (κ2) is 50.1. The largest absolute Gasteiger partial charge is 0.462 e. The minimum absolute atomic E-state index is 0.0665. The number of ether oxygens (including phenoxy) is 1. The minimum atomic E-state index is -0.791. The van der Waals surface area contributed by atoms with E-state index in [0.29, 0.717) is 19.3 Å². The number of aliphatic hydroxyl groups is 2. The molecule has 0 fully saturated rings. The predicted molar refractivity (Wildman–Crippen MR) is 269 cm³/mol. The van der Waals surface area contributed by atoms with Crippen LogP contribution >= 0.6 is 0 Å². The third-order valence-corrected chi connectivity index (χ3v) is 12.5. The van der Waals surface area contributed by atoms with Gasteiger partial charge in [-0.25, -0.2) is 0 Å². The lowest BCUT2D eigenvalue weighted by Gasteiger charge is -2.24. The zero-order valence-electron chi connectivity index (χ0n) is 41.5. The molecule has 0 rings (SSSR count). The average Bonchev–Trinajstić information content (AvgIpc) is 3.26. The van der Waals surface area contributed by atoms with Crippen molar-refractivity contribution in [1.82, 2.24) is 5.32 Å². The molecule has 0 aliphatic carbocycles. The highest BCUT2D eigenvalue weighted by molar-refractivity contribution is 5.77. The van der Waals surface area contributed by atoms with Crippen molar-refractivity contribution < 1.29 is 24.5 Å². The van der Waals surface area contributed by atoms with Crippen LogP contribution in [0.2, 0.25) is 0 Å². The van der Waals surface area contributed by atoms with Gasteiger partial charge in [0.2, 0.25) is 5.91 Å². The van der Waals surface area contributed by atoms with E-state index in [-0.39, 0.29) is 24.9 Å². The van der Waals surface area contributed by atoms with Crippen molar-refractivity contribution >= 4 is 11.9 Å². The number of esters is 1. The van der Waals surface area contributed by atoms with Gasteiger partial charge >= 0.3 is 5.97 Å². The highest BCUT2D eigenvalue weighted by Crippen LogP contribution is 2.18. The van der Waals surface area contributed by atoms with Gasteiger partial charge in [0, 0.05) is 6.42 Å². The van der Waals surface area contributed by atoms with Crippen LogP contribution in [0.15, 0.2) is 36.5 Å². The summed E-state index contributed by atoms with van der Waals surface area (Å²) in [6, 6.07) is -0.705. The first-order valence-corrected chi connectivity index (χ1v) is 27.2. The standard InChI is InChI=1S/C56H105NO5/c1-4-7-10-13-16-19-22-24-26-27-28-29-31-34-37-40-43-46-49-56(61)62-52(47-44-41-38-35-33-30-25-23-20-17-14-11-8-5-2)50-55(60)57-53(51-58)54(59)48-45-42-39-36-32-21-18-15-12-9-6-3/h8,11,17,20,25,30,52-54,58-59H,4-7,9-10,12-16,18-19,21-24,26-29,31-51H2,1-3H3,(H,57,60)/b11-8+,20-17+,30-25+. The molecule has 0 aromatic heterocycles. The van der Waals surface area contributed by atoms with E-state index in [2.05, 4.69) is 62.5 Å². The third-order valence-electron chi connectivity index (χ3n) is 12.5. The molecule has 0 saturated heterocycles. The van der Waals surface area contributed by atoms with Crippen molar-refractivity contribution in [2.75, 3.05) is 6.61 Å². The second-order valence-corrected chi connectivity index (χ2v) is 18.6. The van der Waals surface area contributed by atoms with Crippen LogP contribution in [-0.2, 0) is 14.3 Å². The van der Waals surface area contributed by atoms with Gasteiger partial charge in [0.1, 0.15) is 6.10 Å². The summed E-state index contributed by atoms with van der Waals surface area (Å²) in [6.07, 6.45) is 59.3. The molecule has 0 radical (unpaired) electrons. The maximum absolute atomic E-state index is 13.2. The number of amides is 1. The summed E-state index contributed by atoms with van der Waals surface area (Å²) in [4.78, 5) is 26.2. The smallest absolute Gasteiger partial charge is 0.306 e. The van der Waals surface area contributed by atoms with Gasteiger partial charge in [0.15, 0.2) is 0 Å². The quantitative estimate of drug-likeness (QED) is 0.0321. The molecule has 0 spiro atoms. The van der Waals surface area contributed by atoms with E-state index >= 15 is 0 Å². The van der Waals surface area contributed by atoms with Crippen LogP contribution in [0.25, 0.3) is 0 Å². The summed E-state index contributed by atoms with van der Waals surface area (Å²) in [6.45, 7) is 6.38. The maximum atomic E-state index is 13.2. The zero-order chi connectivity index (χ0) is 45.2. The van der Waals surface area contributed by atoms with Crippen LogP contribution in [-0.4, -0.2) is 46.9 Å². The molecule has 0 heterocycles. The van der Waals surface area contributed by atoms with E-state index < -0.39 is 18.2 Å². The fourth-order valence-electron chi connectivity index (χ4n) is 8.39. The average molecular weight is 872 g/mol. The summed E-state index contributed by atoms with van der Waals surface area (Å²) in [7, 11) is 0. The molecule has 62 heavy (non-hydrogen) atoms. The van der Waals surface area contributed by atoms with Crippen molar-refractivity contribution in [3.63, 3.8) is 0 Å². The van der Waals surface area contributed by atoms with Crippen molar-refractivity contribution in [3.8, 4) is 0 Å². The number of unbranched alkanes of at least 4 members (excludes halogenated alkanes) is 31. The topological polar surface area (TPSA) is 95.9 Å². The van der Waals surface area contributed by atoms with Crippen LogP contribution in [0.4, 0.5) is 0 Å². The van der Waals surface area contributed by atoms with E-state index in [1.807, 2.05) is 0 Å². The Morgan fingerprint density at radius 1 is 0.484 bits per heavy atom. The molecule has 364 valence electrons. The highest BCUT2D eigenvalue weighted by Gasteiger charge is 2.24. The molecule has 3 atom stereocenters. The lowest BCUT2D eigenvalue weighted by molar-refractivity contribution is -0.151. The minimum Gasteiger partial charge on any atom is -0.462 e. The molecular formula is C56H105NO5. The molecule has 1 amide bonds. The molecule has 6 heteroatoms. The van der Waals surface area contributed by atoms with Gasteiger partial charge in [-0.1, -0.05) is 250 Å². The summed E-state index contributed by atoms with van der Waals surface area (Å²) in [5.74, 6) is -0.483. The van der Waals surface area contributed by atoms with Gasteiger partial charge in [0.25, 0.3) is 0 Å². The molecule has 3 unspecified atom stereocenters. The molecule has 6 nitrogen and oxygen atoms in total. The molecule has 0 bridgehead atoms. The second-order valence-electron chi connectivity index (χ2n) is 18.6. The van der Waals surface area contributed by atoms with Crippen molar-refractivity contribution in [2.24, 2.45) is 0 Å². The van der Waals surface area contributed by atoms with Gasteiger partial charge in [-0.3, -0.25) is 9.59 Å². The first-order valence-electron chi connectivity index (χ1n) is 27.2. The van der Waals surface area contributed by atoms with E-state index in [4.69, 9.17) is 4.74 Å². The Hall–Kier alpha value is -1.92. The summed E-state index contributed by atoms with van der Waals surface area (Å²) in [5.41, 5.74) is 0. The fourth-order valence-corrected chi connectivity index (χ4v) is 8.39. The summed E-state index contributed by atoms with van der Waals surface area (Å²) < 4.78 is 5.94. The van der Waals surface area contributed by atoms with E-state index in [1.165, 1.54) is 148 Å². The molecule has 3 N–H and O–H groups in total. The van der Waals surface area contributed by atoms with Crippen LogP contribution in [0.1, 0.15) is 284 Å². The Balaban J connectivity index is 4.53.